The molecule has 0 spiro atoms. The average molecular weight is 278 g/mol. The fourth-order valence-corrected chi connectivity index (χ4v) is 3.01. The summed E-state index contributed by atoms with van der Waals surface area (Å²) in [6.45, 7) is 0. The van der Waals surface area contributed by atoms with Gasteiger partial charge in [0.2, 0.25) is 0 Å². The highest BCUT2D eigenvalue weighted by Crippen LogP contribution is 2.35. The van der Waals surface area contributed by atoms with Crippen LogP contribution in [-0.2, 0) is 4.79 Å². The van der Waals surface area contributed by atoms with Gasteiger partial charge in [0.25, 0.3) is 0 Å². The number of benzene rings is 1. The molecule has 1 aromatic rings. The van der Waals surface area contributed by atoms with Gasteiger partial charge in [-0.05, 0) is 17.7 Å². The van der Waals surface area contributed by atoms with E-state index in [1.807, 2.05) is 6.07 Å². The van der Waals surface area contributed by atoms with Crippen LogP contribution in [0.15, 0.2) is 18.2 Å². The Labute approximate surface area is 107 Å². The molecule has 1 saturated heterocycles. The number of aliphatic carboxylic acids is 1. The molecule has 86 valence electrons. The summed E-state index contributed by atoms with van der Waals surface area (Å²) in [5, 5.41) is 12.8. The summed E-state index contributed by atoms with van der Waals surface area (Å²) in [6, 6.07) is 4.83. The number of hydrogen-bond donors (Lipinski definition) is 2. The second-order valence-electron chi connectivity index (χ2n) is 3.44. The first-order valence-corrected chi connectivity index (χ1v) is 6.44. The Kier molecular flexibility index (Phi) is 3.64. The third-order valence-corrected chi connectivity index (χ3v) is 4.33. The lowest BCUT2D eigenvalue weighted by molar-refractivity contribution is -0.138. The zero-order chi connectivity index (χ0) is 11.7. The number of hydrogen-bond acceptors (Lipinski definition) is 3. The largest absolute Gasteiger partial charge is 0.480 e. The first-order valence-electron chi connectivity index (χ1n) is 4.63. The van der Waals surface area contributed by atoms with Gasteiger partial charge in [0, 0.05) is 5.75 Å². The van der Waals surface area contributed by atoms with Gasteiger partial charge in [0.15, 0.2) is 0 Å². The number of nitrogens with one attached hydrogen (secondary N) is 1. The number of halogens is 2. The molecule has 3 nitrogen and oxygen atoms in total. The lowest BCUT2D eigenvalue weighted by atomic mass is 10.2. The van der Waals surface area contributed by atoms with Crippen molar-refractivity contribution >= 4 is 40.9 Å². The van der Waals surface area contributed by atoms with Crippen LogP contribution >= 0.6 is 35.0 Å². The summed E-state index contributed by atoms with van der Waals surface area (Å²) in [5.74, 6) is -0.268. The van der Waals surface area contributed by atoms with Crippen LogP contribution in [0.4, 0.5) is 0 Å². The van der Waals surface area contributed by atoms with Gasteiger partial charge in [-0.1, -0.05) is 29.3 Å². The Morgan fingerprint density at radius 3 is 2.75 bits per heavy atom. The van der Waals surface area contributed by atoms with Crippen LogP contribution < -0.4 is 5.32 Å². The molecule has 2 rings (SSSR count). The normalized spacial score (nSPS) is 24.6. The van der Waals surface area contributed by atoms with E-state index in [1.54, 1.807) is 23.9 Å². The van der Waals surface area contributed by atoms with Crippen LogP contribution in [0.25, 0.3) is 0 Å². The molecule has 1 aliphatic rings. The minimum Gasteiger partial charge on any atom is -0.480 e. The quantitative estimate of drug-likeness (QED) is 0.873. The Morgan fingerprint density at radius 1 is 1.44 bits per heavy atom. The zero-order valence-electron chi connectivity index (χ0n) is 8.11. The van der Waals surface area contributed by atoms with Gasteiger partial charge >= 0.3 is 5.97 Å². The second-order valence-corrected chi connectivity index (χ2v) is 5.40. The van der Waals surface area contributed by atoms with E-state index >= 15 is 0 Å². The van der Waals surface area contributed by atoms with E-state index in [1.165, 1.54) is 0 Å². The fraction of sp³-hybridized carbons (Fsp3) is 0.300. The van der Waals surface area contributed by atoms with Gasteiger partial charge < -0.3 is 5.11 Å². The fourth-order valence-electron chi connectivity index (χ4n) is 1.48. The smallest absolute Gasteiger partial charge is 0.321 e. The molecule has 1 aromatic carbocycles. The Morgan fingerprint density at radius 2 is 2.19 bits per heavy atom. The topological polar surface area (TPSA) is 49.3 Å². The lowest BCUT2D eigenvalue weighted by Crippen LogP contribution is -2.33. The van der Waals surface area contributed by atoms with Gasteiger partial charge in [-0.2, -0.15) is 0 Å². The molecule has 0 amide bonds. The summed E-state index contributed by atoms with van der Waals surface area (Å²) >= 11 is 13.3. The molecule has 1 heterocycles. The molecule has 0 radical (unpaired) electrons. The number of carbonyl (C=O) groups is 1. The first-order chi connectivity index (χ1) is 7.58. The summed E-state index contributed by atoms with van der Waals surface area (Å²) in [5.41, 5.74) is 0.947. The minimum atomic E-state index is -0.824. The maximum atomic E-state index is 10.8. The molecule has 2 atom stereocenters. The zero-order valence-corrected chi connectivity index (χ0v) is 10.4. The standard InChI is InChI=1S/C10H9Cl2NO2S/c11-6-2-1-5(3-7(6)12)9-13-8(4-16-9)10(14)15/h1-3,8-9,13H,4H2,(H,14,15)/t8-,9+/m0/s1. The number of rotatable bonds is 2. The van der Waals surface area contributed by atoms with E-state index in [9.17, 15) is 4.79 Å². The highest BCUT2D eigenvalue weighted by Gasteiger charge is 2.30. The van der Waals surface area contributed by atoms with Crippen molar-refractivity contribution in [1.29, 1.82) is 0 Å². The molecule has 2 N–H and O–H groups in total. The molecule has 6 heteroatoms. The molecular formula is C10H9Cl2NO2S. The highest BCUT2D eigenvalue weighted by atomic mass is 35.5. The van der Waals surface area contributed by atoms with Crippen molar-refractivity contribution in [3.05, 3.63) is 33.8 Å². The van der Waals surface area contributed by atoms with Crippen molar-refractivity contribution < 1.29 is 9.90 Å². The van der Waals surface area contributed by atoms with Crippen LogP contribution in [0.1, 0.15) is 10.9 Å². The van der Waals surface area contributed by atoms with E-state index in [-0.39, 0.29) is 5.37 Å². The molecule has 0 aromatic heterocycles. The maximum Gasteiger partial charge on any atom is 0.321 e. The second kappa shape index (κ2) is 4.84. The number of carboxylic acids is 1. The third-order valence-electron chi connectivity index (χ3n) is 2.33. The highest BCUT2D eigenvalue weighted by molar-refractivity contribution is 7.99. The van der Waals surface area contributed by atoms with Crippen LogP contribution in [0.5, 0.6) is 0 Å². The molecule has 16 heavy (non-hydrogen) atoms. The predicted molar refractivity (Wildman–Crippen MR) is 66.2 cm³/mol. The summed E-state index contributed by atoms with van der Waals surface area (Å²) < 4.78 is 0. The molecule has 0 bridgehead atoms. The van der Waals surface area contributed by atoms with Crippen LogP contribution in [0.2, 0.25) is 10.0 Å². The van der Waals surface area contributed by atoms with Gasteiger partial charge in [0.05, 0.1) is 15.4 Å². The van der Waals surface area contributed by atoms with E-state index in [4.69, 9.17) is 28.3 Å². The first kappa shape index (κ1) is 12.0. The number of carboxylic acid groups (broad SMARTS) is 1. The van der Waals surface area contributed by atoms with Crippen LogP contribution in [0.3, 0.4) is 0 Å². The SMILES string of the molecule is O=C(O)[C@@H]1CS[C@H](c2ccc(Cl)c(Cl)c2)N1. The predicted octanol–water partition coefficient (Wildman–Crippen LogP) is 2.78. The average Bonchev–Trinajstić information content (AvgIpc) is 2.71. The van der Waals surface area contributed by atoms with E-state index in [0.29, 0.717) is 15.8 Å². The molecule has 1 fully saturated rings. The maximum absolute atomic E-state index is 10.8. The Bertz CT molecular complexity index is 427. The van der Waals surface area contributed by atoms with E-state index < -0.39 is 12.0 Å². The van der Waals surface area contributed by atoms with Gasteiger partial charge in [0.1, 0.15) is 6.04 Å². The van der Waals surface area contributed by atoms with Gasteiger partial charge in [-0.3, -0.25) is 10.1 Å². The number of thioether (sulfide) groups is 1. The lowest BCUT2D eigenvalue weighted by Gasteiger charge is -2.11. The Hall–Kier alpha value is -0.420. The van der Waals surface area contributed by atoms with Crippen molar-refractivity contribution in [2.24, 2.45) is 0 Å². The summed E-state index contributed by atoms with van der Waals surface area (Å²) in [4.78, 5) is 10.8. The van der Waals surface area contributed by atoms with Crippen LogP contribution in [-0.4, -0.2) is 22.9 Å². The molecule has 0 unspecified atom stereocenters. The Balaban J connectivity index is 2.14. The van der Waals surface area contributed by atoms with Crippen LogP contribution in [0, 0.1) is 0 Å². The molecular weight excluding hydrogens is 269 g/mol. The minimum absolute atomic E-state index is 0.0316. The van der Waals surface area contributed by atoms with E-state index in [2.05, 4.69) is 5.32 Å². The molecule has 0 aliphatic carbocycles. The van der Waals surface area contributed by atoms with Crippen molar-refractivity contribution in [3.8, 4) is 0 Å². The van der Waals surface area contributed by atoms with Crippen molar-refractivity contribution in [2.75, 3.05) is 5.75 Å². The molecule has 0 saturated carbocycles. The van der Waals surface area contributed by atoms with Crippen molar-refractivity contribution in [1.82, 2.24) is 5.32 Å². The van der Waals surface area contributed by atoms with Crippen molar-refractivity contribution in [2.45, 2.75) is 11.4 Å². The van der Waals surface area contributed by atoms with Gasteiger partial charge in [-0.25, -0.2) is 0 Å². The summed E-state index contributed by atoms with van der Waals surface area (Å²) in [6.07, 6.45) is 0. The molecule has 1 aliphatic heterocycles. The van der Waals surface area contributed by atoms with Gasteiger partial charge in [-0.15, -0.1) is 11.8 Å². The van der Waals surface area contributed by atoms with Crippen molar-refractivity contribution in [3.63, 3.8) is 0 Å². The summed E-state index contributed by atoms with van der Waals surface area (Å²) in [7, 11) is 0. The monoisotopic (exact) mass is 277 g/mol. The third kappa shape index (κ3) is 2.46. The van der Waals surface area contributed by atoms with E-state index in [0.717, 1.165) is 5.56 Å².